The van der Waals surface area contributed by atoms with Gasteiger partial charge in [0.15, 0.2) is 5.69 Å². The van der Waals surface area contributed by atoms with E-state index < -0.39 is 5.91 Å². The molecule has 2 heterocycles. The Morgan fingerprint density at radius 1 is 1.21 bits per heavy atom. The highest BCUT2D eigenvalue weighted by Crippen LogP contribution is 2.14. The summed E-state index contributed by atoms with van der Waals surface area (Å²) in [6, 6.07) is 6.82. The van der Waals surface area contributed by atoms with E-state index in [0.29, 0.717) is 16.5 Å². The van der Waals surface area contributed by atoms with Crippen molar-refractivity contribution in [2.75, 3.05) is 0 Å². The maximum atomic E-state index is 12.4. The quantitative estimate of drug-likeness (QED) is 0.507. The number of hydrogen-bond donors (Lipinski definition) is 3. The van der Waals surface area contributed by atoms with Crippen LogP contribution in [0.25, 0.3) is 10.8 Å². The zero-order chi connectivity index (χ0) is 17.3. The zero-order valence-corrected chi connectivity index (χ0v) is 13.6. The van der Waals surface area contributed by atoms with Crippen LogP contribution in [0.15, 0.2) is 40.4 Å². The number of carbonyl (C=O) groups excluding carboxylic acids is 1. The van der Waals surface area contributed by atoms with Gasteiger partial charge in [0.05, 0.1) is 11.1 Å². The van der Waals surface area contributed by atoms with Gasteiger partial charge in [-0.1, -0.05) is 18.2 Å². The average molecular weight is 323 g/mol. The van der Waals surface area contributed by atoms with Crippen LogP contribution < -0.4 is 11.0 Å². The molecule has 0 bridgehead atoms. The highest BCUT2D eigenvalue weighted by molar-refractivity contribution is 6.06. The summed E-state index contributed by atoms with van der Waals surface area (Å²) in [7, 11) is 0. The predicted molar refractivity (Wildman–Crippen MR) is 92.3 cm³/mol. The van der Waals surface area contributed by atoms with E-state index in [2.05, 4.69) is 25.7 Å². The topological polar surface area (TPSA) is 103 Å². The van der Waals surface area contributed by atoms with Gasteiger partial charge in [0.1, 0.15) is 0 Å². The largest absolute Gasteiger partial charge is 0.364 e. The van der Waals surface area contributed by atoms with Gasteiger partial charge in [-0.25, -0.2) is 10.5 Å². The van der Waals surface area contributed by atoms with Crippen LogP contribution in [-0.4, -0.2) is 26.8 Å². The van der Waals surface area contributed by atoms with Crippen LogP contribution >= 0.6 is 0 Å². The third-order valence-electron chi connectivity index (χ3n) is 3.87. The molecule has 0 aliphatic carbocycles. The standard InChI is InChI=1S/C17H17N5O2/c1-9-8-18-10(2)14(9)11(3)19-22-17(24)15-12-6-4-5-7-13(12)16(23)21-20-15/h4-8,18H,1-3H3,(H,21,23)(H,22,24)/b19-11+. The highest BCUT2D eigenvalue weighted by Gasteiger charge is 2.14. The van der Waals surface area contributed by atoms with Crippen LogP contribution in [0.1, 0.15) is 34.2 Å². The molecule has 3 aromatic rings. The Bertz CT molecular complexity index is 994. The lowest BCUT2D eigenvalue weighted by atomic mass is 10.1. The maximum absolute atomic E-state index is 12.4. The summed E-state index contributed by atoms with van der Waals surface area (Å²) >= 11 is 0. The third-order valence-corrected chi connectivity index (χ3v) is 3.87. The first-order valence-corrected chi connectivity index (χ1v) is 7.46. The number of aromatic amines is 2. The van der Waals surface area contributed by atoms with Crippen molar-refractivity contribution in [1.82, 2.24) is 20.6 Å². The Hall–Kier alpha value is -3.22. The van der Waals surface area contributed by atoms with Crippen molar-refractivity contribution in [1.29, 1.82) is 0 Å². The lowest BCUT2D eigenvalue weighted by Gasteiger charge is -2.05. The van der Waals surface area contributed by atoms with Gasteiger partial charge in [-0.2, -0.15) is 10.2 Å². The molecule has 1 aromatic carbocycles. The molecule has 0 fully saturated rings. The molecule has 3 N–H and O–H groups in total. The Kier molecular flexibility index (Phi) is 3.99. The first-order chi connectivity index (χ1) is 11.5. The van der Waals surface area contributed by atoms with Gasteiger partial charge in [0.2, 0.25) is 0 Å². The van der Waals surface area contributed by atoms with Gasteiger partial charge in [0.25, 0.3) is 11.5 Å². The molecule has 0 saturated carbocycles. The summed E-state index contributed by atoms with van der Waals surface area (Å²) in [6.45, 7) is 5.73. The van der Waals surface area contributed by atoms with Crippen molar-refractivity contribution in [3.8, 4) is 0 Å². The number of benzene rings is 1. The predicted octanol–water partition coefficient (Wildman–Crippen LogP) is 2.02. The number of amides is 1. The van der Waals surface area contributed by atoms with Crippen molar-refractivity contribution in [3.05, 3.63) is 63.3 Å². The molecular formula is C17H17N5O2. The second-order valence-corrected chi connectivity index (χ2v) is 5.56. The van der Waals surface area contributed by atoms with E-state index in [4.69, 9.17) is 0 Å². The summed E-state index contributed by atoms with van der Waals surface area (Å²) in [5.41, 5.74) is 5.99. The van der Waals surface area contributed by atoms with Crippen LogP contribution in [0.3, 0.4) is 0 Å². The Morgan fingerprint density at radius 3 is 2.58 bits per heavy atom. The van der Waals surface area contributed by atoms with Crippen LogP contribution in [0.5, 0.6) is 0 Å². The summed E-state index contributed by atoms with van der Waals surface area (Å²) in [4.78, 5) is 27.3. The minimum atomic E-state index is -0.479. The van der Waals surface area contributed by atoms with Crippen LogP contribution in [0.2, 0.25) is 0 Å². The van der Waals surface area contributed by atoms with E-state index in [-0.39, 0.29) is 11.3 Å². The molecule has 122 valence electrons. The molecule has 7 heteroatoms. The van der Waals surface area contributed by atoms with Gasteiger partial charge >= 0.3 is 0 Å². The van der Waals surface area contributed by atoms with Gasteiger partial charge in [-0.15, -0.1) is 0 Å². The number of fused-ring (bicyclic) bond motifs is 1. The average Bonchev–Trinajstić information content (AvgIpc) is 2.92. The number of aromatic nitrogens is 3. The molecule has 0 unspecified atom stereocenters. The number of H-pyrrole nitrogens is 2. The van der Waals surface area contributed by atoms with E-state index in [1.807, 2.05) is 27.0 Å². The van der Waals surface area contributed by atoms with Crippen molar-refractivity contribution in [3.63, 3.8) is 0 Å². The second kappa shape index (κ2) is 6.11. The molecule has 1 amide bonds. The minimum Gasteiger partial charge on any atom is -0.364 e. The fourth-order valence-electron chi connectivity index (χ4n) is 2.74. The molecule has 0 radical (unpaired) electrons. The molecule has 2 aromatic heterocycles. The fraction of sp³-hybridized carbons (Fsp3) is 0.176. The van der Waals surface area contributed by atoms with Crippen molar-refractivity contribution in [2.24, 2.45) is 5.10 Å². The normalized spacial score (nSPS) is 11.7. The summed E-state index contributed by atoms with van der Waals surface area (Å²) in [6.07, 6.45) is 1.89. The highest BCUT2D eigenvalue weighted by atomic mass is 16.2. The molecule has 0 aliphatic heterocycles. The number of hydrogen-bond acceptors (Lipinski definition) is 4. The minimum absolute atomic E-state index is 0.129. The lowest BCUT2D eigenvalue weighted by molar-refractivity contribution is 0.0950. The first kappa shape index (κ1) is 15.7. The number of nitrogens with zero attached hydrogens (tertiary/aromatic N) is 2. The molecule has 7 nitrogen and oxygen atoms in total. The van der Waals surface area contributed by atoms with E-state index in [1.54, 1.807) is 24.3 Å². The van der Waals surface area contributed by atoms with E-state index in [9.17, 15) is 9.59 Å². The van der Waals surface area contributed by atoms with E-state index >= 15 is 0 Å². The fourth-order valence-corrected chi connectivity index (χ4v) is 2.74. The third kappa shape index (κ3) is 2.71. The Labute approximate surface area is 137 Å². The number of carbonyl (C=O) groups is 1. The monoisotopic (exact) mass is 323 g/mol. The van der Waals surface area contributed by atoms with E-state index in [1.165, 1.54) is 0 Å². The molecule has 0 saturated heterocycles. The molecule has 24 heavy (non-hydrogen) atoms. The first-order valence-electron chi connectivity index (χ1n) is 7.46. The van der Waals surface area contributed by atoms with Crippen molar-refractivity contribution < 1.29 is 4.79 Å². The Morgan fingerprint density at radius 2 is 1.92 bits per heavy atom. The van der Waals surface area contributed by atoms with Crippen LogP contribution in [0.4, 0.5) is 0 Å². The molecule has 0 spiro atoms. The van der Waals surface area contributed by atoms with Crippen LogP contribution in [0, 0.1) is 13.8 Å². The number of hydrazone groups is 1. The summed E-state index contributed by atoms with van der Waals surface area (Å²) < 4.78 is 0. The summed E-state index contributed by atoms with van der Waals surface area (Å²) in [5.74, 6) is -0.479. The van der Waals surface area contributed by atoms with Crippen molar-refractivity contribution in [2.45, 2.75) is 20.8 Å². The van der Waals surface area contributed by atoms with E-state index in [0.717, 1.165) is 16.8 Å². The van der Waals surface area contributed by atoms with Crippen LogP contribution in [-0.2, 0) is 0 Å². The molecule has 3 rings (SSSR count). The van der Waals surface area contributed by atoms with Crippen molar-refractivity contribution >= 4 is 22.4 Å². The zero-order valence-electron chi connectivity index (χ0n) is 13.6. The number of rotatable bonds is 3. The van der Waals surface area contributed by atoms with Gasteiger partial charge < -0.3 is 4.98 Å². The molecular weight excluding hydrogens is 306 g/mol. The molecule has 0 aliphatic rings. The lowest BCUT2D eigenvalue weighted by Crippen LogP contribution is -2.23. The molecule has 0 atom stereocenters. The van der Waals surface area contributed by atoms with Gasteiger partial charge in [0, 0.05) is 22.8 Å². The SMILES string of the molecule is C/C(=N\NC(=O)c1n[nH]c(=O)c2ccccc12)c1c(C)c[nH]c1C. The number of nitrogens with one attached hydrogen (secondary N) is 3. The number of aryl methyl sites for hydroxylation is 2. The van der Waals surface area contributed by atoms with Gasteiger partial charge in [-0.05, 0) is 32.4 Å². The Balaban J connectivity index is 1.93. The van der Waals surface area contributed by atoms with Gasteiger partial charge in [-0.3, -0.25) is 9.59 Å². The summed E-state index contributed by atoms with van der Waals surface area (Å²) in [5, 5.41) is 11.3. The maximum Gasteiger partial charge on any atom is 0.292 e. The smallest absolute Gasteiger partial charge is 0.292 e. The second-order valence-electron chi connectivity index (χ2n) is 5.56.